The van der Waals surface area contributed by atoms with Crippen LogP contribution in [0.15, 0.2) is 54.6 Å². The summed E-state index contributed by atoms with van der Waals surface area (Å²) in [6.45, 7) is 2.17. The zero-order chi connectivity index (χ0) is 15.9. The van der Waals surface area contributed by atoms with Crippen LogP contribution in [0, 0.1) is 6.92 Å². The number of aliphatic hydroxyl groups is 1. The minimum absolute atomic E-state index is 0.188. The van der Waals surface area contributed by atoms with Gasteiger partial charge < -0.3 is 16.2 Å². The molecule has 0 saturated heterocycles. The SMILES string of the molecule is Cc1ccc(C(N)C(=O)NCC(O)Cc2ccccc2)cc1. The molecular weight excluding hydrogens is 276 g/mol. The lowest BCUT2D eigenvalue weighted by molar-refractivity contribution is -0.122. The van der Waals surface area contributed by atoms with E-state index in [4.69, 9.17) is 5.73 Å². The maximum Gasteiger partial charge on any atom is 0.241 e. The van der Waals surface area contributed by atoms with Crippen LogP contribution in [0.5, 0.6) is 0 Å². The first-order valence-electron chi connectivity index (χ1n) is 7.38. The quantitative estimate of drug-likeness (QED) is 0.760. The van der Waals surface area contributed by atoms with E-state index in [0.717, 1.165) is 16.7 Å². The predicted octanol–water partition coefficient (Wildman–Crippen LogP) is 1.71. The van der Waals surface area contributed by atoms with Crippen LogP contribution in [-0.4, -0.2) is 23.7 Å². The van der Waals surface area contributed by atoms with Crippen molar-refractivity contribution in [2.24, 2.45) is 5.73 Å². The van der Waals surface area contributed by atoms with E-state index in [0.29, 0.717) is 6.42 Å². The van der Waals surface area contributed by atoms with E-state index >= 15 is 0 Å². The Kier molecular flexibility index (Phi) is 5.69. The first kappa shape index (κ1) is 16.2. The van der Waals surface area contributed by atoms with E-state index in [1.165, 1.54) is 0 Å². The van der Waals surface area contributed by atoms with Crippen LogP contribution >= 0.6 is 0 Å². The Labute approximate surface area is 131 Å². The number of carbonyl (C=O) groups excluding carboxylic acids is 1. The first-order valence-corrected chi connectivity index (χ1v) is 7.38. The number of amides is 1. The van der Waals surface area contributed by atoms with Gasteiger partial charge in [0.15, 0.2) is 0 Å². The number of aryl methyl sites for hydroxylation is 1. The highest BCUT2D eigenvalue weighted by Crippen LogP contribution is 2.11. The summed E-state index contributed by atoms with van der Waals surface area (Å²) < 4.78 is 0. The number of aliphatic hydroxyl groups excluding tert-OH is 1. The molecule has 1 amide bonds. The molecule has 0 aromatic heterocycles. The fourth-order valence-corrected chi connectivity index (χ4v) is 2.21. The van der Waals surface area contributed by atoms with Crippen molar-refractivity contribution in [1.29, 1.82) is 0 Å². The Hall–Kier alpha value is -2.17. The van der Waals surface area contributed by atoms with E-state index in [2.05, 4.69) is 5.32 Å². The number of hydrogen-bond donors (Lipinski definition) is 3. The Morgan fingerprint density at radius 3 is 2.41 bits per heavy atom. The maximum atomic E-state index is 12.0. The van der Waals surface area contributed by atoms with Crippen molar-refractivity contribution in [1.82, 2.24) is 5.32 Å². The topological polar surface area (TPSA) is 75.4 Å². The molecular formula is C18H22N2O2. The Morgan fingerprint density at radius 2 is 1.77 bits per heavy atom. The molecule has 0 aliphatic heterocycles. The van der Waals surface area contributed by atoms with Crippen LogP contribution in [0.3, 0.4) is 0 Å². The minimum Gasteiger partial charge on any atom is -0.391 e. The van der Waals surface area contributed by atoms with Gasteiger partial charge in [-0.15, -0.1) is 0 Å². The standard InChI is InChI=1S/C18H22N2O2/c1-13-7-9-15(10-8-13)17(19)18(22)20-12-16(21)11-14-5-3-2-4-6-14/h2-10,16-17,21H,11-12,19H2,1H3,(H,20,22). The lowest BCUT2D eigenvalue weighted by Gasteiger charge is -2.16. The van der Waals surface area contributed by atoms with E-state index in [1.807, 2.05) is 61.5 Å². The summed E-state index contributed by atoms with van der Waals surface area (Å²) >= 11 is 0. The summed E-state index contributed by atoms with van der Waals surface area (Å²) in [5, 5.41) is 12.7. The summed E-state index contributed by atoms with van der Waals surface area (Å²) in [4.78, 5) is 12.0. The third-order valence-corrected chi connectivity index (χ3v) is 3.55. The molecule has 0 bridgehead atoms. The molecule has 4 N–H and O–H groups in total. The van der Waals surface area contributed by atoms with E-state index in [1.54, 1.807) is 0 Å². The van der Waals surface area contributed by atoms with E-state index < -0.39 is 12.1 Å². The number of nitrogens with one attached hydrogen (secondary N) is 1. The van der Waals surface area contributed by atoms with Crippen LogP contribution < -0.4 is 11.1 Å². The molecule has 0 aliphatic rings. The fourth-order valence-electron chi connectivity index (χ4n) is 2.21. The Morgan fingerprint density at radius 1 is 1.14 bits per heavy atom. The second kappa shape index (κ2) is 7.73. The average Bonchev–Trinajstić information content (AvgIpc) is 2.53. The molecule has 2 aromatic carbocycles. The zero-order valence-electron chi connectivity index (χ0n) is 12.7. The summed E-state index contributed by atoms with van der Waals surface area (Å²) in [7, 11) is 0. The van der Waals surface area contributed by atoms with Crippen molar-refractivity contribution in [3.05, 3.63) is 71.3 Å². The van der Waals surface area contributed by atoms with Crippen molar-refractivity contribution in [2.75, 3.05) is 6.54 Å². The highest BCUT2D eigenvalue weighted by atomic mass is 16.3. The molecule has 2 unspecified atom stereocenters. The highest BCUT2D eigenvalue weighted by Gasteiger charge is 2.16. The van der Waals surface area contributed by atoms with Crippen LogP contribution in [0.25, 0.3) is 0 Å². The third kappa shape index (κ3) is 4.69. The number of benzene rings is 2. The number of nitrogens with two attached hydrogens (primary N) is 1. The van der Waals surface area contributed by atoms with Gasteiger partial charge in [0.25, 0.3) is 0 Å². The fraction of sp³-hybridized carbons (Fsp3) is 0.278. The lowest BCUT2D eigenvalue weighted by Crippen LogP contribution is -2.39. The van der Waals surface area contributed by atoms with E-state index in [-0.39, 0.29) is 12.5 Å². The Bertz CT molecular complexity index is 596. The molecule has 0 fully saturated rings. The van der Waals surface area contributed by atoms with Crippen molar-refractivity contribution in [2.45, 2.75) is 25.5 Å². The van der Waals surface area contributed by atoms with E-state index in [9.17, 15) is 9.90 Å². The van der Waals surface area contributed by atoms with Crippen molar-refractivity contribution >= 4 is 5.91 Å². The smallest absolute Gasteiger partial charge is 0.241 e. The highest BCUT2D eigenvalue weighted by molar-refractivity contribution is 5.82. The van der Waals surface area contributed by atoms with Crippen LogP contribution in [-0.2, 0) is 11.2 Å². The van der Waals surface area contributed by atoms with Gasteiger partial charge in [0.1, 0.15) is 6.04 Å². The minimum atomic E-state index is -0.718. The number of rotatable bonds is 6. The number of carbonyl (C=O) groups is 1. The number of hydrogen-bond acceptors (Lipinski definition) is 3. The van der Waals surface area contributed by atoms with Gasteiger partial charge in [-0.1, -0.05) is 60.2 Å². The van der Waals surface area contributed by atoms with Crippen LogP contribution in [0.4, 0.5) is 0 Å². The molecule has 0 radical (unpaired) electrons. The lowest BCUT2D eigenvalue weighted by atomic mass is 10.0. The second-order valence-electron chi connectivity index (χ2n) is 5.48. The molecule has 2 aromatic rings. The van der Waals surface area contributed by atoms with Gasteiger partial charge in [0.2, 0.25) is 5.91 Å². The second-order valence-corrected chi connectivity index (χ2v) is 5.48. The molecule has 0 heterocycles. The molecule has 0 saturated carbocycles. The third-order valence-electron chi connectivity index (χ3n) is 3.55. The van der Waals surface area contributed by atoms with Crippen molar-refractivity contribution in [3.8, 4) is 0 Å². The summed E-state index contributed by atoms with van der Waals surface area (Å²) in [6, 6.07) is 16.5. The monoisotopic (exact) mass is 298 g/mol. The molecule has 2 atom stereocenters. The van der Waals surface area contributed by atoms with Gasteiger partial charge in [-0.05, 0) is 18.1 Å². The van der Waals surface area contributed by atoms with Gasteiger partial charge in [0.05, 0.1) is 6.10 Å². The molecule has 116 valence electrons. The molecule has 4 heteroatoms. The van der Waals surface area contributed by atoms with Crippen LogP contribution in [0.1, 0.15) is 22.7 Å². The molecule has 4 nitrogen and oxygen atoms in total. The largest absolute Gasteiger partial charge is 0.391 e. The molecule has 0 aliphatic carbocycles. The average molecular weight is 298 g/mol. The maximum absolute atomic E-state index is 12.0. The van der Waals surface area contributed by atoms with Gasteiger partial charge >= 0.3 is 0 Å². The van der Waals surface area contributed by atoms with Gasteiger partial charge in [-0.25, -0.2) is 0 Å². The van der Waals surface area contributed by atoms with Gasteiger partial charge in [-0.3, -0.25) is 4.79 Å². The summed E-state index contributed by atoms with van der Waals surface area (Å²) in [6.07, 6.45) is -0.127. The van der Waals surface area contributed by atoms with Crippen molar-refractivity contribution < 1.29 is 9.90 Å². The van der Waals surface area contributed by atoms with Gasteiger partial charge in [0, 0.05) is 13.0 Å². The van der Waals surface area contributed by atoms with Crippen molar-refractivity contribution in [3.63, 3.8) is 0 Å². The van der Waals surface area contributed by atoms with Gasteiger partial charge in [-0.2, -0.15) is 0 Å². The summed E-state index contributed by atoms with van der Waals surface area (Å²) in [5.41, 5.74) is 8.85. The normalized spacial score (nSPS) is 13.4. The molecule has 0 spiro atoms. The Balaban J connectivity index is 1.82. The molecule has 2 rings (SSSR count). The van der Waals surface area contributed by atoms with Crippen LogP contribution in [0.2, 0.25) is 0 Å². The summed E-state index contributed by atoms with van der Waals surface area (Å²) in [5.74, 6) is -0.282. The first-order chi connectivity index (χ1) is 10.6. The predicted molar refractivity (Wildman–Crippen MR) is 87.3 cm³/mol. The zero-order valence-corrected chi connectivity index (χ0v) is 12.7. The molecule has 22 heavy (non-hydrogen) atoms.